The maximum atomic E-state index is 11.5. The predicted octanol–water partition coefficient (Wildman–Crippen LogP) is 3.81. The summed E-state index contributed by atoms with van der Waals surface area (Å²) in [4.78, 5) is 11.5. The fourth-order valence-electron chi connectivity index (χ4n) is 2.14. The molecular weight excluding hydrogens is 274 g/mol. The van der Waals surface area contributed by atoms with E-state index in [2.05, 4.69) is 17.5 Å². The fraction of sp³-hybridized carbons (Fsp3) is 0.167. The van der Waals surface area contributed by atoms with Gasteiger partial charge in [0.2, 0.25) is 0 Å². The molecule has 1 atom stereocenters. The number of rotatable bonds is 4. The van der Waals surface area contributed by atoms with Crippen LogP contribution in [0.3, 0.4) is 0 Å². The summed E-state index contributed by atoms with van der Waals surface area (Å²) in [6.07, 6.45) is 0. The zero-order valence-corrected chi connectivity index (χ0v) is 12.4. The lowest BCUT2D eigenvalue weighted by Crippen LogP contribution is -2.08. The summed E-state index contributed by atoms with van der Waals surface area (Å²) in [5.74, 6) is -0.0430. The highest BCUT2D eigenvalue weighted by Crippen LogP contribution is 2.24. The molecule has 2 aromatic carbocycles. The van der Waals surface area contributed by atoms with Crippen LogP contribution in [0.2, 0.25) is 0 Å². The van der Waals surface area contributed by atoms with Gasteiger partial charge in [-0.1, -0.05) is 12.1 Å². The highest BCUT2D eigenvalue weighted by atomic mass is 16.1. The van der Waals surface area contributed by atoms with Crippen molar-refractivity contribution in [1.82, 2.24) is 0 Å². The van der Waals surface area contributed by atoms with Crippen LogP contribution >= 0.6 is 0 Å². The minimum Gasteiger partial charge on any atom is -0.377 e. The van der Waals surface area contributed by atoms with Gasteiger partial charge in [0.15, 0.2) is 5.78 Å². The van der Waals surface area contributed by atoms with Crippen LogP contribution in [0.25, 0.3) is 0 Å². The first kappa shape index (κ1) is 15.3. The van der Waals surface area contributed by atoms with Gasteiger partial charge in [-0.25, -0.2) is 0 Å². The highest BCUT2D eigenvalue weighted by molar-refractivity contribution is 5.95. The van der Waals surface area contributed by atoms with Crippen LogP contribution in [0.4, 0.5) is 5.69 Å². The lowest BCUT2D eigenvalue weighted by molar-refractivity contribution is 0.101. The molecule has 0 aromatic heterocycles. The Morgan fingerprint density at radius 2 is 1.77 bits per heavy atom. The van der Waals surface area contributed by atoms with E-state index >= 15 is 0 Å². The minimum atomic E-state index is -0.0537. The Kier molecular flexibility index (Phi) is 4.56. The second-order valence-corrected chi connectivity index (χ2v) is 5.03. The minimum absolute atomic E-state index is 0.0430. The molecule has 22 heavy (non-hydrogen) atoms. The summed E-state index contributed by atoms with van der Waals surface area (Å²) >= 11 is 0. The Balaban J connectivity index is 2.28. The van der Waals surface area contributed by atoms with Gasteiger partial charge in [-0.2, -0.15) is 10.5 Å². The summed E-state index contributed by atoms with van der Waals surface area (Å²) in [5, 5.41) is 21.3. The molecule has 0 radical (unpaired) electrons. The fourth-order valence-corrected chi connectivity index (χ4v) is 2.14. The smallest absolute Gasteiger partial charge is 0.159 e. The topological polar surface area (TPSA) is 76.7 Å². The number of carbonyl (C=O) groups is 1. The Bertz CT molecular complexity index is 779. The van der Waals surface area contributed by atoms with E-state index in [9.17, 15) is 10.1 Å². The van der Waals surface area contributed by atoms with E-state index in [1.807, 2.05) is 19.1 Å². The maximum absolute atomic E-state index is 11.5. The van der Waals surface area contributed by atoms with Crippen LogP contribution in [0.5, 0.6) is 0 Å². The monoisotopic (exact) mass is 289 g/mol. The van der Waals surface area contributed by atoms with Crippen molar-refractivity contribution in [2.45, 2.75) is 19.9 Å². The lowest BCUT2D eigenvalue weighted by atomic mass is 10.0. The molecule has 4 nitrogen and oxygen atoms in total. The molecule has 2 aromatic rings. The number of hydrogen-bond donors (Lipinski definition) is 1. The summed E-state index contributed by atoms with van der Waals surface area (Å²) in [6.45, 7) is 3.46. The number of ketones is 1. The van der Waals surface area contributed by atoms with E-state index < -0.39 is 0 Å². The maximum Gasteiger partial charge on any atom is 0.159 e. The van der Waals surface area contributed by atoms with Gasteiger partial charge in [0.05, 0.1) is 22.9 Å². The molecule has 0 aliphatic rings. The molecule has 0 aliphatic carbocycles. The molecule has 108 valence electrons. The van der Waals surface area contributed by atoms with Gasteiger partial charge in [0, 0.05) is 11.6 Å². The van der Waals surface area contributed by atoms with Crippen LogP contribution in [0.1, 0.15) is 46.9 Å². The van der Waals surface area contributed by atoms with Crippen molar-refractivity contribution in [3.05, 3.63) is 64.7 Å². The van der Waals surface area contributed by atoms with Crippen LogP contribution in [-0.2, 0) is 0 Å². The number of benzene rings is 2. The molecule has 0 saturated heterocycles. The average Bonchev–Trinajstić information content (AvgIpc) is 2.54. The van der Waals surface area contributed by atoms with Gasteiger partial charge < -0.3 is 5.32 Å². The SMILES string of the molecule is CC(=O)c1ccc(C#N)c(NC(C)c2ccc(C#N)cc2)c1. The zero-order valence-electron chi connectivity index (χ0n) is 12.4. The molecule has 2 rings (SSSR count). The lowest BCUT2D eigenvalue weighted by Gasteiger charge is -2.17. The Morgan fingerprint density at radius 3 is 2.32 bits per heavy atom. The normalized spacial score (nSPS) is 11.1. The molecule has 0 heterocycles. The van der Waals surface area contributed by atoms with Crippen LogP contribution in [0, 0.1) is 22.7 Å². The zero-order chi connectivity index (χ0) is 16.1. The molecule has 0 saturated carbocycles. The second kappa shape index (κ2) is 6.56. The number of Topliss-reactive ketones (excluding diaryl/α,β-unsaturated/α-hetero) is 1. The average molecular weight is 289 g/mol. The molecule has 0 bridgehead atoms. The molecule has 1 N–H and O–H groups in total. The van der Waals surface area contributed by atoms with Crippen LogP contribution < -0.4 is 5.32 Å². The standard InChI is InChI=1S/C18H15N3O/c1-12(15-5-3-14(10-19)4-6-15)21-18-9-16(13(2)22)7-8-17(18)11-20/h3-9,12,21H,1-2H3. The van der Waals surface area contributed by atoms with Crippen LogP contribution in [-0.4, -0.2) is 5.78 Å². The van der Waals surface area contributed by atoms with E-state index in [-0.39, 0.29) is 11.8 Å². The number of nitrogens with zero attached hydrogens (tertiary/aromatic N) is 2. The van der Waals surface area contributed by atoms with Gasteiger partial charge in [-0.3, -0.25) is 4.79 Å². The number of hydrogen-bond acceptors (Lipinski definition) is 4. The Morgan fingerprint density at radius 1 is 1.09 bits per heavy atom. The van der Waals surface area contributed by atoms with Crippen molar-refractivity contribution in [3.63, 3.8) is 0 Å². The van der Waals surface area contributed by atoms with Gasteiger partial charge in [0.1, 0.15) is 6.07 Å². The van der Waals surface area contributed by atoms with Crippen molar-refractivity contribution >= 4 is 11.5 Å². The predicted molar refractivity (Wildman–Crippen MR) is 84.4 cm³/mol. The van der Waals surface area contributed by atoms with Gasteiger partial charge in [-0.05, 0) is 49.7 Å². The molecule has 1 unspecified atom stereocenters. The first-order valence-electron chi connectivity index (χ1n) is 6.87. The summed E-state index contributed by atoms with van der Waals surface area (Å²) in [5.41, 5.74) is 3.29. The Hall–Kier alpha value is -3.11. The van der Waals surface area contributed by atoms with Crippen LogP contribution in [0.15, 0.2) is 42.5 Å². The number of nitrogens with one attached hydrogen (secondary N) is 1. The van der Waals surface area contributed by atoms with Gasteiger partial charge in [-0.15, -0.1) is 0 Å². The molecule has 0 fully saturated rings. The van der Waals surface area contributed by atoms with Gasteiger partial charge >= 0.3 is 0 Å². The summed E-state index contributed by atoms with van der Waals surface area (Å²) < 4.78 is 0. The molecule has 0 amide bonds. The summed E-state index contributed by atoms with van der Waals surface area (Å²) in [6, 6.07) is 16.4. The number of nitriles is 2. The van der Waals surface area contributed by atoms with E-state index in [4.69, 9.17) is 5.26 Å². The van der Waals surface area contributed by atoms with Crippen molar-refractivity contribution < 1.29 is 4.79 Å². The van der Waals surface area contributed by atoms with Crippen molar-refractivity contribution in [1.29, 1.82) is 10.5 Å². The second-order valence-electron chi connectivity index (χ2n) is 5.03. The number of anilines is 1. The third-order valence-electron chi connectivity index (χ3n) is 3.46. The molecule has 0 spiro atoms. The largest absolute Gasteiger partial charge is 0.377 e. The molecular formula is C18H15N3O. The van der Waals surface area contributed by atoms with Crippen molar-refractivity contribution in [3.8, 4) is 12.1 Å². The molecule has 0 aliphatic heterocycles. The van der Waals surface area contributed by atoms with E-state index in [1.54, 1.807) is 30.3 Å². The third kappa shape index (κ3) is 3.31. The van der Waals surface area contributed by atoms with Crippen molar-refractivity contribution in [2.75, 3.05) is 5.32 Å². The van der Waals surface area contributed by atoms with E-state index in [0.29, 0.717) is 22.4 Å². The van der Waals surface area contributed by atoms with Gasteiger partial charge in [0.25, 0.3) is 0 Å². The third-order valence-corrected chi connectivity index (χ3v) is 3.46. The van der Waals surface area contributed by atoms with Crippen molar-refractivity contribution in [2.24, 2.45) is 0 Å². The first-order valence-corrected chi connectivity index (χ1v) is 6.87. The molecule has 4 heteroatoms. The van der Waals surface area contributed by atoms with E-state index in [0.717, 1.165) is 5.56 Å². The number of carbonyl (C=O) groups excluding carboxylic acids is 1. The quantitative estimate of drug-likeness (QED) is 0.868. The Labute approximate surface area is 129 Å². The summed E-state index contributed by atoms with van der Waals surface area (Å²) in [7, 11) is 0. The highest BCUT2D eigenvalue weighted by Gasteiger charge is 2.11. The van der Waals surface area contributed by atoms with E-state index in [1.165, 1.54) is 6.92 Å². The first-order chi connectivity index (χ1) is 10.5.